The van der Waals surface area contributed by atoms with Crippen LogP contribution in [0.25, 0.3) is 0 Å². The molecule has 2 heteroatoms. The predicted molar refractivity (Wildman–Crippen MR) is 94.6 cm³/mol. The number of allylic oxidation sites excluding steroid dienone is 6. The topological polar surface area (TPSA) is 40.5 Å². The van der Waals surface area contributed by atoms with Crippen LogP contribution < -0.4 is 0 Å². The van der Waals surface area contributed by atoms with E-state index >= 15 is 0 Å². The van der Waals surface area contributed by atoms with Crippen LogP contribution in [-0.4, -0.2) is 21.9 Å². The lowest BCUT2D eigenvalue weighted by Gasteiger charge is -2.35. The van der Waals surface area contributed by atoms with Gasteiger partial charge in [-0.15, -0.1) is 0 Å². The number of aliphatic hydroxyl groups excluding tert-OH is 1. The van der Waals surface area contributed by atoms with Crippen LogP contribution in [0.5, 0.6) is 0 Å². The third kappa shape index (κ3) is 5.43. The molecule has 1 aliphatic rings. The zero-order valence-corrected chi connectivity index (χ0v) is 14.6. The second-order valence-electron chi connectivity index (χ2n) is 7.17. The van der Waals surface area contributed by atoms with Crippen molar-refractivity contribution < 1.29 is 10.2 Å². The molecular weight excluding hydrogens is 272 g/mol. The molecule has 0 aliphatic heterocycles. The Labute approximate surface area is 135 Å². The minimum Gasteiger partial charge on any atom is -0.393 e. The van der Waals surface area contributed by atoms with E-state index in [1.807, 2.05) is 19.1 Å². The standard InChI is InChI=1S/C20H30O2/c1-7-20(6,22)12-8-9-15(2)10-11-18-16(3)13-17(21)14-19(18,4)5/h7-12,17,21-22H,1,13-14H2,2-6H3/b11-10+,12-8+,15-9+. The Morgan fingerprint density at radius 2 is 2.05 bits per heavy atom. The highest BCUT2D eigenvalue weighted by Crippen LogP contribution is 2.40. The van der Waals surface area contributed by atoms with Crippen molar-refractivity contribution >= 4 is 0 Å². The van der Waals surface area contributed by atoms with Crippen LogP contribution in [0.3, 0.4) is 0 Å². The van der Waals surface area contributed by atoms with E-state index in [1.54, 1.807) is 13.0 Å². The maximum absolute atomic E-state index is 9.92. The van der Waals surface area contributed by atoms with Crippen molar-refractivity contribution in [2.45, 2.75) is 59.2 Å². The maximum Gasteiger partial charge on any atom is 0.0980 e. The van der Waals surface area contributed by atoms with Crippen molar-refractivity contribution in [2.24, 2.45) is 5.41 Å². The first-order chi connectivity index (χ1) is 10.1. The number of aliphatic hydroxyl groups is 2. The van der Waals surface area contributed by atoms with E-state index < -0.39 is 5.60 Å². The third-order valence-electron chi connectivity index (χ3n) is 4.20. The molecule has 0 heterocycles. The van der Waals surface area contributed by atoms with Gasteiger partial charge in [0.25, 0.3) is 0 Å². The summed E-state index contributed by atoms with van der Waals surface area (Å²) < 4.78 is 0. The number of hydrogen-bond acceptors (Lipinski definition) is 2. The monoisotopic (exact) mass is 302 g/mol. The van der Waals surface area contributed by atoms with Gasteiger partial charge in [0.2, 0.25) is 0 Å². The average Bonchev–Trinajstić information content (AvgIpc) is 2.36. The van der Waals surface area contributed by atoms with Crippen LogP contribution in [0.1, 0.15) is 47.5 Å². The molecule has 0 radical (unpaired) electrons. The smallest absolute Gasteiger partial charge is 0.0980 e. The van der Waals surface area contributed by atoms with Crippen LogP contribution in [-0.2, 0) is 0 Å². The molecular formula is C20H30O2. The van der Waals surface area contributed by atoms with Crippen LogP contribution in [0, 0.1) is 5.41 Å². The lowest BCUT2D eigenvalue weighted by molar-refractivity contribution is 0.116. The Morgan fingerprint density at radius 3 is 2.59 bits per heavy atom. The Balaban J connectivity index is 2.87. The normalized spacial score (nSPS) is 25.8. The summed E-state index contributed by atoms with van der Waals surface area (Å²) in [6.07, 6.45) is 12.6. The minimum absolute atomic E-state index is 0.000873. The summed E-state index contributed by atoms with van der Waals surface area (Å²) in [6, 6.07) is 0. The van der Waals surface area contributed by atoms with E-state index in [1.165, 1.54) is 17.2 Å². The quantitative estimate of drug-likeness (QED) is 0.580. The molecule has 2 nitrogen and oxygen atoms in total. The summed E-state index contributed by atoms with van der Waals surface area (Å²) in [6.45, 7) is 13.8. The highest BCUT2D eigenvalue weighted by atomic mass is 16.3. The van der Waals surface area contributed by atoms with Crippen molar-refractivity contribution in [1.29, 1.82) is 0 Å². The molecule has 0 bridgehead atoms. The van der Waals surface area contributed by atoms with Crippen LogP contribution in [0.4, 0.5) is 0 Å². The summed E-state index contributed by atoms with van der Waals surface area (Å²) in [7, 11) is 0. The highest BCUT2D eigenvalue weighted by Gasteiger charge is 2.31. The fourth-order valence-corrected chi connectivity index (χ4v) is 2.91. The molecule has 2 unspecified atom stereocenters. The molecule has 0 saturated heterocycles. The van der Waals surface area contributed by atoms with Gasteiger partial charge >= 0.3 is 0 Å². The van der Waals surface area contributed by atoms with E-state index in [4.69, 9.17) is 0 Å². The van der Waals surface area contributed by atoms with Crippen LogP contribution >= 0.6 is 0 Å². The van der Waals surface area contributed by atoms with Crippen molar-refractivity contribution in [3.05, 3.63) is 59.8 Å². The van der Waals surface area contributed by atoms with Gasteiger partial charge < -0.3 is 10.2 Å². The summed E-state index contributed by atoms with van der Waals surface area (Å²) in [4.78, 5) is 0. The lowest BCUT2D eigenvalue weighted by atomic mass is 9.71. The lowest BCUT2D eigenvalue weighted by Crippen LogP contribution is -2.28. The highest BCUT2D eigenvalue weighted by molar-refractivity contribution is 5.37. The van der Waals surface area contributed by atoms with Gasteiger partial charge in [-0.05, 0) is 50.7 Å². The molecule has 0 fully saturated rings. The molecule has 122 valence electrons. The molecule has 0 aromatic carbocycles. The van der Waals surface area contributed by atoms with Gasteiger partial charge in [0, 0.05) is 0 Å². The molecule has 1 rings (SSSR count). The van der Waals surface area contributed by atoms with Crippen LogP contribution in [0.2, 0.25) is 0 Å². The first-order valence-corrected chi connectivity index (χ1v) is 7.86. The third-order valence-corrected chi connectivity index (χ3v) is 4.20. The Hall–Kier alpha value is -1.38. The van der Waals surface area contributed by atoms with E-state index in [0.717, 1.165) is 18.4 Å². The van der Waals surface area contributed by atoms with Gasteiger partial charge in [0.05, 0.1) is 11.7 Å². The van der Waals surface area contributed by atoms with Crippen molar-refractivity contribution in [3.63, 3.8) is 0 Å². The maximum atomic E-state index is 9.92. The average molecular weight is 302 g/mol. The van der Waals surface area contributed by atoms with E-state index in [9.17, 15) is 10.2 Å². The minimum atomic E-state index is -0.971. The van der Waals surface area contributed by atoms with Gasteiger partial charge in [-0.2, -0.15) is 0 Å². The second kappa shape index (κ2) is 7.26. The predicted octanol–water partition coefficient (Wildman–Crippen LogP) is 4.48. The summed E-state index contributed by atoms with van der Waals surface area (Å²) in [5, 5.41) is 19.7. The zero-order valence-electron chi connectivity index (χ0n) is 14.6. The molecule has 0 aromatic heterocycles. The first kappa shape index (κ1) is 18.7. The number of rotatable bonds is 5. The zero-order chi connectivity index (χ0) is 17.0. The SMILES string of the molecule is C=CC(C)(O)/C=C/C=C(C)/C=C/C1=C(C)CC(O)CC1(C)C. The summed E-state index contributed by atoms with van der Waals surface area (Å²) in [5.74, 6) is 0. The fourth-order valence-electron chi connectivity index (χ4n) is 2.91. The molecule has 0 aromatic rings. The molecule has 22 heavy (non-hydrogen) atoms. The molecule has 1 aliphatic carbocycles. The summed E-state index contributed by atoms with van der Waals surface area (Å²) in [5.41, 5.74) is 2.71. The molecule has 2 atom stereocenters. The van der Waals surface area contributed by atoms with Crippen LogP contribution in [0.15, 0.2) is 59.8 Å². The van der Waals surface area contributed by atoms with E-state index in [0.29, 0.717) is 0 Å². The van der Waals surface area contributed by atoms with Crippen molar-refractivity contribution in [1.82, 2.24) is 0 Å². The molecule has 2 N–H and O–H groups in total. The van der Waals surface area contributed by atoms with Gasteiger partial charge in [-0.3, -0.25) is 0 Å². The van der Waals surface area contributed by atoms with Gasteiger partial charge in [-0.1, -0.05) is 62.0 Å². The molecule has 0 spiro atoms. The van der Waals surface area contributed by atoms with Gasteiger partial charge in [-0.25, -0.2) is 0 Å². The second-order valence-corrected chi connectivity index (χ2v) is 7.17. The Bertz CT molecular complexity index is 528. The van der Waals surface area contributed by atoms with Crippen molar-refractivity contribution in [2.75, 3.05) is 0 Å². The van der Waals surface area contributed by atoms with Gasteiger partial charge in [0.15, 0.2) is 0 Å². The van der Waals surface area contributed by atoms with E-state index in [2.05, 4.69) is 39.5 Å². The Kier molecular flexibility index (Phi) is 6.16. The molecule has 0 saturated carbocycles. The van der Waals surface area contributed by atoms with Crippen molar-refractivity contribution in [3.8, 4) is 0 Å². The molecule has 0 amide bonds. The Morgan fingerprint density at radius 1 is 1.41 bits per heavy atom. The summed E-state index contributed by atoms with van der Waals surface area (Å²) >= 11 is 0. The number of hydrogen-bond donors (Lipinski definition) is 2. The first-order valence-electron chi connectivity index (χ1n) is 7.86. The fraction of sp³-hybridized carbons (Fsp3) is 0.500. The largest absolute Gasteiger partial charge is 0.393 e. The van der Waals surface area contributed by atoms with Gasteiger partial charge in [0.1, 0.15) is 0 Å². The van der Waals surface area contributed by atoms with E-state index in [-0.39, 0.29) is 11.5 Å².